The molecule has 0 unspecified atom stereocenters. The van der Waals surface area contributed by atoms with Crippen molar-refractivity contribution in [3.8, 4) is 0 Å². The second-order valence-corrected chi connectivity index (χ2v) is 8.87. The highest BCUT2D eigenvalue weighted by atomic mass is 19.4. The van der Waals surface area contributed by atoms with E-state index in [1.54, 1.807) is 35.2 Å². The first-order chi connectivity index (χ1) is 17.1. The number of amides is 2. The van der Waals surface area contributed by atoms with Crippen LogP contribution in [0.5, 0.6) is 0 Å². The second-order valence-electron chi connectivity index (χ2n) is 8.87. The SMILES string of the molecule is C.[C-]#[N+]c1ccc(C)c(N(CC(=O)NCCCCC(F)(F)F)CC(=O)N(C)N2Cc3ccccc3C2)c1. The first-order valence-corrected chi connectivity index (χ1v) is 11.7. The molecule has 1 aliphatic heterocycles. The number of anilines is 1. The summed E-state index contributed by atoms with van der Waals surface area (Å²) in [5.74, 6) is -0.632. The van der Waals surface area contributed by atoms with Crippen molar-refractivity contribution < 1.29 is 22.8 Å². The number of carbonyl (C=O) groups excluding carboxylic acids is 2. The van der Waals surface area contributed by atoms with Crippen LogP contribution in [-0.2, 0) is 22.7 Å². The Hall–Kier alpha value is -3.58. The summed E-state index contributed by atoms with van der Waals surface area (Å²) in [6, 6.07) is 13.0. The van der Waals surface area contributed by atoms with E-state index in [9.17, 15) is 22.8 Å². The molecule has 2 amide bonds. The van der Waals surface area contributed by atoms with Gasteiger partial charge in [0, 0.05) is 38.8 Å². The van der Waals surface area contributed by atoms with Gasteiger partial charge in [0.2, 0.25) is 5.91 Å². The first kappa shape index (κ1) is 29.6. The molecule has 1 N–H and O–H groups in total. The standard InChI is InChI=1S/C26H30F3N5O2.CH4/c1-19-10-11-22(30-2)14-23(19)33(17-24(35)31-13-7-6-12-26(27,28)29)18-25(36)32(3)34-15-20-8-4-5-9-21(20)16-34;/h4-5,8-11,14H,6-7,12-13,15-18H2,1,3H3,(H,31,35);1H4. The summed E-state index contributed by atoms with van der Waals surface area (Å²) >= 11 is 0. The van der Waals surface area contributed by atoms with Gasteiger partial charge < -0.3 is 10.2 Å². The molecule has 37 heavy (non-hydrogen) atoms. The number of rotatable bonds is 10. The lowest BCUT2D eigenvalue weighted by atomic mass is 10.1. The van der Waals surface area contributed by atoms with E-state index in [4.69, 9.17) is 6.57 Å². The molecular weight excluding hydrogens is 483 g/mol. The fraction of sp³-hybridized carbons (Fsp3) is 0.444. The third-order valence-electron chi connectivity index (χ3n) is 6.14. The third-order valence-corrected chi connectivity index (χ3v) is 6.14. The van der Waals surface area contributed by atoms with E-state index < -0.39 is 18.5 Å². The number of hydrazine groups is 1. The van der Waals surface area contributed by atoms with Gasteiger partial charge in [0.25, 0.3) is 5.91 Å². The Morgan fingerprint density at radius 2 is 1.73 bits per heavy atom. The van der Waals surface area contributed by atoms with Crippen molar-refractivity contribution in [1.29, 1.82) is 0 Å². The molecule has 10 heteroatoms. The maximum absolute atomic E-state index is 13.2. The Labute approximate surface area is 216 Å². The summed E-state index contributed by atoms with van der Waals surface area (Å²) < 4.78 is 37.0. The molecule has 2 aromatic rings. The van der Waals surface area contributed by atoms with Gasteiger partial charge in [-0.2, -0.15) is 13.2 Å². The largest absolute Gasteiger partial charge is 0.389 e. The van der Waals surface area contributed by atoms with Crippen LogP contribution in [-0.4, -0.2) is 54.7 Å². The highest BCUT2D eigenvalue weighted by Gasteiger charge is 2.27. The molecule has 2 aromatic carbocycles. The van der Waals surface area contributed by atoms with E-state index in [0.717, 1.165) is 16.7 Å². The quantitative estimate of drug-likeness (QED) is 0.347. The van der Waals surface area contributed by atoms with Crippen LogP contribution in [0.15, 0.2) is 42.5 Å². The normalized spacial score (nSPS) is 12.8. The van der Waals surface area contributed by atoms with Crippen molar-refractivity contribution in [3.05, 3.63) is 70.6 Å². The second kappa shape index (κ2) is 13.1. The highest BCUT2D eigenvalue weighted by Crippen LogP contribution is 2.27. The van der Waals surface area contributed by atoms with Crippen LogP contribution < -0.4 is 10.2 Å². The summed E-state index contributed by atoms with van der Waals surface area (Å²) in [5.41, 5.74) is 4.06. The summed E-state index contributed by atoms with van der Waals surface area (Å²) in [6.07, 6.45) is -4.97. The Kier molecular flexibility index (Phi) is 10.5. The minimum absolute atomic E-state index is 0. The van der Waals surface area contributed by atoms with Crippen molar-refractivity contribution in [2.24, 2.45) is 0 Å². The number of nitrogens with one attached hydrogen (secondary N) is 1. The molecule has 0 spiro atoms. The molecule has 3 rings (SSSR count). The molecule has 0 radical (unpaired) electrons. The monoisotopic (exact) mass is 517 g/mol. The lowest BCUT2D eigenvalue weighted by Gasteiger charge is -2.32. The molecule has 200 valence electrons. The van der Waals surface area contributed by atoms with Crippen LogP contribution in [0.1, 0.15) is 43.4 Å². The molecule has 0 atom stereocenters. The molecule has 0 aromatic heterocycles. The number of aryl methyl sites for hydroxylation is 1. The zero-order valence-electron chi connectivity index (χ0n) is 20.4. The van der Waals surface area contributed by atoms with Gasteiger partial charge in [-0.1, -0.05) is 43.8 Å². The molecule has 1 heterocycles. The number of fused-ring (bicyclic) bond motifs is 1. The van der Waals surface area contributed by atoms with Crippen LogP contribution in [0, 0.1) is 13.5 Å². The van der Waals surface area contributed by atoms with Gasteiger partial charge in [0.05, 0.1) is 19.7 Å². The van der Waals surface area contributed by atoms with E-state index in [2.05, 4.69) is 10.2 Å². The molecule has 7 nitrogen and oxygen atoms in total. The van der Waals surface area contributed by atoms with Gasteiger partial charge in [0.1, 0.15) is 0 Å². The lowest BCUT2D eigenvalue weighted by molar-refractivity contribution is -0.145. The summed E-state index contributed by atoms with van der Waals surface area (Å²) in [4.78, 5) is 30.9. The molecule has 0 fully saturated rings. The molecule has 0 bridgehead atoms. The van der Waals surface area contributed by atoms with Crippen molar-refractivity contribution in [2.75, 3.05) is 31.6 Å². The fourth-order valence-electron chi connectivity index (χ4n) is 4.09. The van der Waals surface area contributed by atoms with Crippen LogP contribution in [0.4, 0.5) is 24.5 Å². The zero-order chi connectivity index (χ0) is 26.3. The van der Waals surface area contributed by atoms with E-state index in [-0.39, 0.29) is 45.8 Å². The Bertz CT molecular complexity index is 1100. The number of hydrogen-bond donors (Lipinski definition) is 1. The number of likely N-dealkylation sites (N-methyl/N-ethyl adjacent to an activating group) is 1. The average molecular weight is 518 g/mol. The van der Waals surface area contributed by atoms with E-state index in [1.165, 1.54) is 0 Å². The smallest absolute Gasteiger partial charge is 0.355 e. The minimum atomic E-state index is -4.21. The number of unbranched alkanes of at least 4 members (excludes halogenated alkanes) is 1. The predicted molar refractivity (Wildman–Crippen MR) is 138 cm³/mol. The Morgan fingerprint density at radius 3 is 2.32 bits per heavy atom. The lowest BCUT2D eigenvalue weighted by Crippen LogP contribution is -2.48. The molecule has 0 saturated carbocycles. The molecule has 1 aliphatic rings. The molecule has 0 aliphatic carbocycles. The van der Waals surface area contributed by atoms with Crippen LogP contribution >= 0.6 is 0 Å². The Morgan fingerprint density at radius 1 is 1.08 bits per heavy atom. The maximum atomic E-state index is 13.2. The van der Waals surface area contributed by atoms with Crippen molar-refractivity contribution >= 4 is 23.2 Å². The number of carbonyl (C=O) groups is 2. The topological polar surface area (TPSA) is 60.3 Å². The van der Waals surface area contributed by atoms with E-state index in [1.807, 2.05) is 36.2 Å². The average Bonchev–Trinajstić information content (AvgIpc) is 3.27. The minimum Gasteiger partial charge on any atom is -0.355 e. The number of benzene rings is 2. The highest BCUT2D eigenvalue weighted by molar-refractivity contribution is 5.87. The number of halogens is 3. The zero-order valence-corrected chi connectivity index (χ0v) is 20.4. The maximum Gasteiger partial charge on any atom is 0.389 e. The first-order valence-electron chi connectivity index (χ1n) is 11.7. The Balaban J connectivity index is 0.00000481. The van der Waals surface area contributed by atoms with Gasteiger partial charge in [-0.3, -0.25) is 14.6 Å². The van der Waals surface area contributed by atoms with Crippen molar-refractivity contribution in [2.45, 2.75) is 52.9 Å². The summed E-state index contributed by atoms with van der Waals surface area (Å²) in [6.45, 7) is 10.2. The van der Waals surface area contributed by atoms with Gasteiger partial charge in [-0.15, -0.1) is 0 Å². The van der Waals surface area contributed by atoms with Crippen molar-refractivity contribution in [3.63, 3.8) is 0 Å². The summed E-state index contributed by atoms with van der Waals surface area (Å²) in [7, 11) is 1.69. The van der Waals surface area contributed by atoms with Crippen LogP contribution in [0.2, 0.25) is 0 Å². The van der Waals surface area contributed by atoms with Gasteiger partial charge in [-0.25, -0.2) is 9.85 Å². The van der Waals surface area contributed by atoms with E-state index >= 15 is 0 Å². The van der Waals surface area contributed by atoms with Gasteiger partial charge in [0.15, 0.2) is 5.69 Å². The van der Waals surface area contributed by atoms with Crippen LogP contribution in [0.3, 0.4) is 0 Å². The van der Waals surface area contributed by atoms with Crippen LogP contribution in [0.25, 0.3) is 4.85 Å². The third kappa shape index (κ3) is 8.50. The predicted octanol–water partition coefficient (Wildman–Crippen LogP) is 5.23. The summed E-state index contributed by atoms with van der Waals surface area (Å²) in [5, 5.41) is 6.12. The van der Waals surface area contributed by atoms with E-state index in [0.29, 0.717) is 24.5 Å². The number of hydrogen-bond acceptors (Lipinski definition) is 4. The van der Waals surface area contributed by atoms with Gasteiger partial charge in [-0.05, 0) is 42.5 Å². The number of alkyl halides is 3. The fourth-order valence-corrected chi connectivity index (χ4v) is 4.09. The van der Waals surface area contributed by atoms with Crippen molar-refractivity contribution in [1.82, 2.24) is 15.3 Å². The molecular formula is C27H34F3N5O2. The van der Waals surface area contributed by atoms with Gasteiger partial charge >= 0.3 is 6.18 Å². The molecule has 0 saturated heterocycles. The number of nitrogens with zero attached hydrogens (tertiary/aromatic N) is 4.